The van der Waals surface area contributed by atoms with Crippen LogP contribution in [0.15, 0.2) is 18.2 Å². The Bertz CT molecular complexity index is 339. The molecule has 0 radical (unpaired) electrons. The first-order valence-electron chi connectivity index (χ1n) is 5.71. The van der Waals surface area contributed by atoms with E-state index in [9.17, 15) is 4.39 Å². The minimum Gasteiger partial charge on any atom is -0.327 e. The fraction of sp³-hybridized carbons (Fsp3) is 0.538. The molecule has 16 heavy (non-hydrogen) atoms. The Morgan fingerprint density at radius 3 is 2.69 bits per heavy atom. The van der Waals surface area contributed by atoms with Gasteiger partial charge in [-0.05, 0) is 36.8 Å². The van der Waals surface area contributed by atoms with Crippen molar-refractivity contribution >= 4 is 11.6 Å². The Labute approximate surface area is 102 Å². The molecule has 1 aromatic rings. The zero-order chi connectivity index (χ0) is 12.1. The van der Waals surface area contributed by atoms with Gasteiger partial charge in [-0.3, -0.25) is 0 Å². The van der Waals surface area contributed by atoms with E-state index < -0.39 is 0 Å². The summed E-state index contributed by atoms with van der Waals surface area (Å²) in [7, 11) is 0. The highest BCUT2D eigenvalue weighted by Gasteiger charge is 2.09. The van der Waals surface area contributed by atoms with Crippen LogP contribution in [0.4, 0.5) is 4.39 Å². The molecule has 0 aromatic heterocycles. The van der Waals surface area contributed by atoms with Crippen molar-refractivity contribution in [1.82, 2.24) is 0 Å². The van der Waals surface area contributed by atoms with Crippen molar-refractivity contribution in [3.05, 3.63) is 34.6 Å². The van der Waals surface area contributed by atoms with Crippen molar-refractivity contribution in [2.75, 3.05) is 0 Å². The third-order valence-electron chi connectivity index (χ3n) is 2.87. The van der Waals surface area contributed by atoms with Gasteiger partial charge in [0.25, 0.3) is 0 Å². The molecule has 0 spiro atoms. The summed E-state index contributed by atoms with van der Waals surface area (Å²) in [6, 6.07) is 5.33. The lowest BCUT2D eigenvalue weighted by Crippen LogP contribution is -2.26. The van der Waals surface area contributed by atoms with Crippen molar-refractivity contribution < 1.29 is 4.39 Å². The molecule has 2 N–H and O–H groups in total. The van der Waals surface area contributed by atoms with Crippen LogP contribution >= 0.6 is 11.6 Å². The van der Waals surface area contributed by atoms with Gasteiger partial charge < -0.3 is 5.73 Å². The van der Waals surface area contributed by atoms with E-state index in [-0.39, 0.29) is 16.9 Å². The van der Waals surface area contributed by atoms with E-state index in [0.717, 1.165) is 12.8 Å². The second-order valence-corrected chi connectivity index (χ2v) is 4.92. The van der Waals surface area contributed by atoms with Crippen molar-refractivity contribution in [2.45, 2.75) is 39.2 Å². The van der Waals surface area contributed by atoms with Crippen molar-refractivity contribution in [1.29, 1.82) is 0 Å². The molecule has 1 aromatic carbocycles. The van der Waals surface area contributed by atoms with Crippen LogP contribution in [-0.4, -0.2) is 6.04 Å². The smallest absolute Gasteiger partial charge is 0.144 e. The van der Waals surface area contributed by atoms with Crippen LogP contribution in [0.5, 0.6) is 0 Å². The van der Waals surface area contributed by atoms with Gasteiger partial charge in [0, 0.05) is 6.04 Å². The Hall–Kier alpha value is -0.600. The van der Waals surface area contributed by atoms with Crippen LogP contribution in [0.25, 0.3) is 0 Å². The Kier molecular flexibility index (Phi) is 5.23. The fourth-order valence-corrected chi connectivity index (χ4v) is 1.80. The number of hydrogen-bond acceptors (Lipinski definition) is 1. The normalized spacial score (nSPS) is 13.1. The third-order valence-corrected chi connectivity index (χ3v) is 3.16. The summed E-state index contributed by atoms with van der Waals surface area (Å²) in [5.74, 6) is 0.187. The van der Waals surface area contributed by atoms with Crippen molar-refractivity contribution in [2.24, 2.45) is 11.7 Å². The number of halogens is 2. The van der Waals surface area contributed by atoms with Crippen molar-refractivity contribution in [3.63, 3.8) is 0 Å². The van der Waals surface area contributed by atoms with Crippen LogP contribution < -0.4 is 5.73 Å². The molecule has 3 heteroatoms. The van der Waals surface area contributed by atoms with Gasteiger partial charge in [-0.15, -0.1) is 0 Å². The molecular weight excluding hydrogens is 225 g/mol. The maximum atomic E-state index is 13.5. The summed E-state index contributed by atoms with van der Waals surface area (Å²) in [5.41, 5.74) is 6.61. The van der Waals surface area contributed by atoms with Gasteiger partial charge in [-0.25, -0.2) is 4.39 Å². The van der Waals surface area contributed by atoms with Gasteiger partial charge in [0.2, 0.25) is 0 Å². The molecule has 0 saturated carbocycles. The van der Waals surface area contributed by atoms with Crippen LogP contribution in [0.2, 0.25) is 5.02 Å². The molecule has 1 nitrogen and oxygen atoms in total. The summed E-state index contributed by atoms with van der Waals surface area (Å²) in [6.07, 6.45) is 2.52. The zero-order valence-electron chi connectivity index (χ0n) is 9.84. The topological polar surface area (TPSA) is 26.0 Å². The standard InChI is InChI=1S/C13H19ClFN/c1-9(2)12(16)8-4-6-10-5-3-7-11(14)13(10)15/h3,5,7,9,12H,4,6,8,16H2,1-2H3. The molecule has 1 atom stereocenters. The zero-order valence-corrected chi connectivity index (χ0v) is 10.6. The molecule has 0 bridgehead atoms. The van der Waals surface area contributed by atoms with Crippen LogP contribution in [0.3, 0.4) is 0 Å². The molecule has 0 fully saturated rings. The Morgan fingerprint density at radius 1 is 1.38 bits per heavy atom. The highest BCUT2D eigenvalue weighted by atomic mass is 35.5. The SMILES string of the molecule is CC(C)C(N)CCCc1cccc(Cl)c1F. The van der Waals surface area contributed by atoms with Gasteiger partial charge in [0.05, 0.1) is 5.02 Å². The largest absolute Gasteiger partial charge is 0.327 e. The average Bonchev–Trinajstić information content (AvgIpc) is 2.24. The number of nitrogens with two attached hydrogens (primary N) is 1. The van der Waals surface area contributed by atoms with Gasteiger partial charge in [0.15, 0.2) is 0 Å². The number of rotatable bonds is 5. The maximum absolute atomic E-state index is 13.5. The quantitative estimate of drug-likeness (QED) is 0.837. The minimum atomic E-state index is -0.290. The number of aryl methyl sites for hydroxylation is 1. The lowest BCUT2D eigenvalue weighted by Gasteiger charge is -2.15. The monoisotopic (exact) mass is 243 g/mol. The lowest BCUT2D eigenvalue weighted by molar-refractivity contribution is 0.450. The van der Waals surface area contributed by atoms with E-state index in [4.69, 9.17) is 17.3 Å². The van der Waals surface area contributed by atoms with E-state index in [1.54, 1.807) is 18.2 Å². The second kappa shape index (κ2) is 6.21. The summed E-state index contributed by atoms with van der Waals surface area (Å²) >= 11 is 5.71. The second-order valence-electron chi connectivity index (χ2n) is 4.51. The first kappa shape index (κ1) is 13.5. The summed E-state index contributed by atoms with van der Waals surface area (Å²) in [6.45, 7) is 4.20. The molecule has 1 unspecified atom stereocenters. The van der Waals surface area contributed by atoms with Crippen LogP contribution in [-0.2, 0) is 6.42 Å². The highest BCUT2D eigenvalue weighted by molar-refractivity contribution is 6.30. The first-order chi connectivity index (χ1) is 7.52. The van der Waals surface area contributed by atoms with E-state index in [1.165, 1.54) is 0 Å². The summed E-state index contributed by atoms with van der Waals surface area (Å²) in [4.78, 5) is 0. The average molecular weight is 244 g/mol. The predicted molar refractivity (Wildman–Crippen MR) is 67.2 cm³/mol. The maximum Gasteiger partial charge on any atom is 0.144 e. The van der Waals surface area contributed by atoms with Gasteiger partial charge in [-0.1, -0.05) is 37.6 Å². The predicted octanol–water partition coefficient (Wildman–Crippen LogP) is 3.79. The van der Waals surface area contributed by atoms with E-state index >= 15 is 0 Å². The molecule has 1 rings (SSSR count). The molecule has 0 amide bonds. The molecule has 0 aliphatic heterocycles. The molecule has 90 valence electrons. The Balaban J connectivity index is 2.46. The molecule has 0 heterocycles. The van der Waals surface area contributed by atoms with Gasteiger partial charge >= 0.3 is 0 Å². The van der Waals surface area contributed by atoms with Crippen molar-refractivity contribution in [3.8, 4) is 0 Å². The van der Waals surface area contributed by atoms with E-state index in [2.05, 4.69) is 13.8 Å². The molecule has 0 aliphatic rings. The molecule has 0 saturated heterocycles. The van der Waals surface area contributed by atoms with E-state index in [1.807, 2.05) is 0 Å². The fourth-order valence-electron chi connectivity index (χ4n) is 1.60. The summed E-state index contributed by atoms with van der Waals surface area (Å²) in [5, 5.41) is 0.200. The highest BCUT2D eigenvalue weighted by Crippen LogP contribution is 2.20. The summed E-state index contributed by atoms with van der Waals surface area (Å²) < 4.78 is 13.5. The third kappa shape index (κ3) is 3.76. The Morgan fingerprint density at radius 2 is 2.06 bits per heavy atom. The van der Waals surface area contributed by atoms with Gasteiger partial charge in [0.1, 0.15) is 5.82 Å². The molecule has 0 aliphatic carbocycles. The lowest BCUT2D eigenvalue weighted by atomic mass is 9.97. The van der Waals surface area contributed by atoms with E-state index in [0.29, 0.717) is 17.9 Å². The van der Waals surface area contributed by atoms with Gasteiger partial charge in [-0.2, -0.15) is 0 Å². The number of hydrogen-bond donors (Lipinski definition) is 1. The minimum absolute atomic E-state index is 0.197. The first-order valence-corrected chi connectivity index (χ1v) is 6.08. The molecular formula is C13H19ClFN. The number of benzene rings is 1. The van der Waals surface area contributed by atoms with Crippen LogP contribution in [0, 0.1) is 11.7 Å². The van der Waals surface area contributed by atoms with Crippen LogP contribution in [0.1, 0.15) is 32.3 Å².